The van der Waals surface area contributed by atoms with Crippen LogP contribution in [0.1, 0.15) is 0 Å². The zero-order valence-corrected chi connectivity index (χ0v) is 9.66. The predicted molar refractivity (Wildman–Crippen MR) is 65.2 cm³/mol. The van der Waals surface area contributed by atoms with E-state index in [0.29, 0.717) is 22.8 Å². The van der Waals surface area contributed by atoms with Crippen molar-refractivity contribution in [2.45, 2.75) is 0 Å². The number of H-pyrrole nitrogens is 1. The van der Waals surface area contributed by atoms with Gasteiger partial charge in [-0.1, -0.05) is 0 Å². The molecule has 0 radical (unpaired) electrons. The van der Waals surface area contributed by atoms with Crippen molar-refractivity contribution >= 4 is 5.65 Å². The molecular weight excluding hydrogens is 248 g/mol. The van der Waals surface area contributed by atoms with Crippen molar-refractivity contribution in [3.05, 3.63) is 40.8 Å². The first-order chi connectivity index (χ1) is 9.31. The maximum atomic E-state index is 11.5. The van der Waals surface area contributed by atoms with E-state index in [-0.39, 0.29) is 12.5 Å². The minimum absolute atomic E-state index is 0.229. The second-order valence-electron chi connectivity index (χ2n) is 4.09. The molecule has 4 rings (SSSR count). The Labute approximate surface area is 106 Å². The molecule has 3 aromatic rings. The van der Waals surface area contributed by atoms with E-state index >= 15 is 0 Å². The van der Waals surface area contributed by atoms with Crippen molar-refractivity contribution in [3.8, 4) is 22.8 Å². The topological polar surface area (TPSA) is 81.5 Å². The fraction of sp³-hybridized carbons (Fsp3) is 0.0833. The van der Waals surface area contributed by atoms with Crippen LogP contribution in [-0.4, -0.2) is 26.6 Å². The minimum Gasteiger partial charge on any atom is -0.454 e. The molecule has 7 nitrogen and oxygen atoms in total. The summed E-state index contributed by atoms with van der Waals surface area (Å²) in [7, 11) is 0. The largest absolute Gasteiger partial charge is 0.454 e. The van der Waals surface area contributed by atoms with Gasteiger partial charge >= 0.3 is 5.69 Å². The summed E-state index contributed by atoms with van der Waals surface area (Å²) < 4.78 is 11.8. The Kier molecular flexibility index (Phi) is 1.91. The second kappa shape index (κ2) is 3.58. The van der Waals surface area contributed by atoms with Gasteiger partial charge < -0.3 is 9.47 Å². The summed E-state index contributed by atoms with van der Waals surface area (Å²) in [6.45, 7) is 0.229. The lowest BCUT2D eigenvalue weighted by Crippen LogP contribution is -2.12. The van der Waals surface area contributed by atoms with Crippen LogP contribution in [0.3, 0.4) is 0 Å². The molecule has 0 atom stereocenters. The summed E-state index contributed by atoms with van der Waals surface area (Å²) in [4.78, 5) is 11.5. The third-order valence-corrected chi connectivity index (χ3v) is 2.94. The number of hydrogen-bond acceptors (Lipinski definition) is 5. The highest BCUT2D eigenvalue weighted by Gasteiger charge is 2.14. The predicted octanol–water partition coefficient (Wildman–Crippen LogP) is 0.813. The molecule has 1 aliphatic rings. The maximum Gasteiger partial charge on any atom is 0.364 e. The maximum absolute atomic E-state index is 11.5. The van der Waals surface area contributed by atoms with Crippen LogP contribution < -0.4 is 15.2 Å². The van der Waals surface area contributed by atoms with Crippen LogP contribution in [0.25, 0.3) is 16.9 Å². The number of fused-ring (bicyclic) bond motifs is 2. The van der Waals surface area contributed by atoms with Crippen LogP contribution in [0.5, 0.6) is 11.5 Å². The van der Waals surface area contributed by atoms with Crippen molar-refractivity contribution in [1.82, 2.24) is 19.8 Å². The molecule has 3 heterocycles. The van der Waals surface area contributed by atoms with Crippen molar-refractivity contribution in [3.63, 3.8) is 0 Å². The number of aromatic nitrogens is 4. The molecule has 7 heteroatoms. The van der Waals surface area contributed by atoms with Gasteiger partial charge in [0.25, 0.3) is 0 Å². The molecule has 0 spiro atoms. The monoisotopic (exact) mass is 256 g/mol. The molecule has 94 valence electrons. The standard InChI is InChI=1S/C12H8N4O3/c17-12-14-13-11-4-2-8(15-16(11)12)7-1-3-9-10(5-7)19-6-18-9/h1-5H,6H2,(H,14,17). The lowest BCUT2D eigenvalue weighted by molar-refractivity contribution is 0.174. The van der Waals surface area contributed by atoms with E-state index in [1.165, 1.54) is 4.52 Å². The molecule has 2 aromatic heterocycles. The molecule has 0 bridgehead atoms. The first kappa shape index (κ1) is 10.1. The number of nitrogens with one attached hydrogen (secondary N) is 1. The lowest BCUT2D eigenvalue weighted by Gasteiger charge is -2.02. The number of ether oxygens (including phenoxy) is 2. The summed E-state index contributed by atoms with van der Waals surface area (Å²) in [5.74, 6) is 1.39. The number of benzene rings is 1. The number of nitrogens with zero attached hydrogens (tertiary/aromatic N) is 3. The molecule has 0 fully saturated rings. The first-order valence-electron chi connectivity index (χ1n) is 5.66. The van der Waals surface area contributed by atoms with Gasteiger partial charge in [0.05, 0.1) is 5.69 Å². The fourth-order valence-electron chi connectivity index (χ4n) is 2.01. The SMILES string of the molecule is O=c1[nH]nc2ccc(-c3ccc4c(c3)OCO4)nn12. The van der Waals surface area contributed by atoms with Crippen LogP contribution in [0.15, 0.2) is 35.1 Å². The molecule has 0 aliphatic carbocycles. The highest BCUT2D eigenvalue weighted by molar-refractivity contribution is 5.64. The second-order valence-corrected chi connectivity index (χ2v) is 4.09. The van der Waals surface area contributed by atoms with Crippen molar-refractivity contribution in [2.24, 2.45) is 0 Å². The van der Waals surface area contributed by atoms with Gasteiger partial charge in [0.15, 0.2) is 17.1 Å². The fourth-order valence-corrected chi connectivity index (χ4v) is 2.01. The average Bonchev–Trinajstić information content (AvgIpc) is 3.05. The Morgan fingerprint density at radius 2 is 2.05 bits per heavy atom. The zero-order valence-electron chi connectivity index (χ0n) is 9.66. The molecule has 0 amide bonds. The summed E-state index contributed by atoms with van der Waals surface area (Å²) >= 11 is 0. The number of hydrogen-bond donors (Lipinski definition) is 1. The Morgan fingerprint density at radius 1 is 1.16 bits per heavy atom. The normalized spacial score (nSPS) is 13.1. The lowest BCUT2D eigenvalue weighted by atomic mass is 10.1. The van der Waals surface area contributed by atoms with Crippen LogP contribution in [0.2, 0.25) is 0 Å². The van der Waals surface area contributed by atoms with E-state index in [4.69, 9.17) is 9.47 Å². The van der Waals surface area contributed by atoms with Gasteiger partial charge in [-0.05, 0) is 30.3 Å². The van der Waals surface area contributed by atoms with Crippen LogP contribution in [0.4, 0.5) is 0 Å². The molecule has 0 unspecified atom stereocenters. The third kappa shape index (κ3) is 1.48. The molecule has 1 aliphatic heterocycles. The van der Waals surface area contributed by atoms with Gasteiger partial charge in [-0.3, -0.25) is 0 Å². The van der Waals surface area contributed by atoms with E-state index in [0.717, 1.165) is 5.56 Å². The number of aromatic amines is 1. The summed E-state index contributed by atoms with van der Waals surface area (Å²) in [5.41, 5.74) is 1.63. The van der Waals surface area contributed by atoms with Gasteiger partial charge in [-0.25, -0.2) is 9.89 Å². The van der Waals surface area contributed by atoms with Crippen LogP contribution in [0, 0.1) is 0 Å². The van der Waals surface area contributed by atoms with Crippen LogP contribution >= 0.6 is 0 Å². The smallest absolute Gasteiger partial charge is 0.364 e. The Balaban J connectivity index is 1.89. The van der Waals surface area contributed by atoms with E-state index in [9.17, 15) is 4.79 Å². The molecular formula is C12H8N4O3. The van der Waals surface area contributed by atoms with Crippen LogP contribution in [-0.2, 0) is 0 Å². The summed E-state index contributed by atoms with van der Waals surface area (Å²) in [6, 6.07) is 9.05. The minimum atomic E-state index is -0.363. The first-order valence-corrected chi connectivity index (χ1v) is 5.66. The Bertz CT molecular complexity index is 836. The van der Waals surface area contributed by atoms with Crippen molar-refractivity contribution < 1.29 is 9.47 Å². The highest BCUT2D eigenvalue weighted by atomic mass is 16.7. The summed E-state index contributed by atoms with van der Waals surface area (Å²) in [6.07, 6.45) is 0. The van der Waals surface area contributed by atoms with E-state index in [1.807, 2.05) is 18.2 Å². The zero-order chi connectivity index (χ0) is 12.8. The van der Waals surface area contributed by atoms with Gasteiger partial charge in [0.2, 0.25) is 6.79 Å². The summed E-state index contributed by atoms with van der Waals surface area (Å²) in [5, 5.41) is 10.4. The molecule has 0 saturated carbocycles. The quantitative estimate of drug-likeness (QED) is 0.696. The van der Waals surface area contributed by atoms with Gasteiger partial charge in [-0.15, -0.1) is 0 Å². The van der Waals surface area contributed by atoms with E-state index in [1.54, 1.807) is 12.1 Å². The van der Waals surface area contributed by atoms with Gasteiger partial charge in [-0.2, -0.15) is 14.7 Å². The molecule has 19 heavy (non-hydrogen) atoms. The molecule has 1 N–H and O–H groups in total. The molecule has 0 saturated heterocycles. The Hall–Kier alpha value is -2.83. The van der Waals surface area contributed by atoms with Gasteiger partial charge in [0, 0.05) is 5.56 Å². The number of rotatable bonds is 1. The average molecular weight is 256 g/mol. The van der Waals surface area contributed by atoms with E-state index in [2.05, 4.69) is 15.3 Å². The molecule has 1 aromatic carbocycles. The van der Waals surface area contributed by atoms with E-state index < -0.39 is 0 Å². The Morgan fingerprint density at radius 3 is 3.00 bits per heavy atom. The third-order valence-electron chi connectivity index (χ3n) is 2.94. The highest BCUT2D eigenvalue weighted by Crippen LogP contribution is 2.35. The van der Waals surface area contributed by atoms with Gasteiger partial charge in [0.1, 0.15) is 0 Å². The van der Waals surface area contributed by atoms with Crippen molar-refractivity contribution in [2.75, 3.05) is 6.79 Å². The van der Waals surface area contributed by atoms with Crippen molar-refractivity contribution in [1.29, 1.82) is 0 Å².